The van der Waals surface area contributed by atoms with E-state index in [1.54, 1.807) is 4.90 Å². The Morgan fingerprint density at radius 1 is 1.50 bits per heavy atom. The fourth-order valence-electron chi connectivity index (χ4n) is 2.12. The summed E-state index contributed by atoms with van der Waals surface area (Å²) < 4.78 is 5.82. The highest BCUT2D eigenvalue weighted by molar-refractivity contribution is 9.10. The molecule has 0 bridgehead atoms. The third-order valence-corrected chi connectivity index (χ3v) is 3.42. The molecule has 2 rings (SSSR count). The Bertz CT molecular complexity index is 443. The van der Waals surface area contributed by atoms with Crippen molar-refractivity contribution in [3.05, 3.63) is 28.2 Å². The Hall–Kier alpha value is -1.03. The van der Waals surface area contributed by atoms with Gasteiger partial charge >= 0.3 is 6.09 Å². The number of anilines is 1. The highest BCUT2D eigenvalue weighted by Crippen LogP contribution is 2.41. The maximum atomic E-state index is 11.6. The molecule has 0 spiro atoms. The summed E-state index contributed by atoms with van der Waals surface area (Å²) in [6.07, 6.45) is -0.297. The third kappa shape index (κ3) is 1.71. The van der Waals surface area contributed by atoms with E-state index in [4.69, 9.17) is 4.74 Å². The molecule has 0 N–H and O–H groups in total. The van der Waals surface area contributed by atoms with E-state index in [0.29, 0.717) is 6.54 Å². The highest BCUT2D eigenvalue weighted by atomic mass is 79.9. The van der Waals surface area contributed by atoms with Crippen LogP contribution in [0.5, 0.6) is 0 Å². The Morgan fingerprint density at radius 3 is 2.81 bits per heavy atom. The summed E-state index contributed by atoms with van der Waals surface area (Å²) in [4.78, 5) is 13.3. The molecule has 1 aliphatic heterocycles. The minimum absolute atomic E-state index is 0.0344. The molecule has 1 aromatic carbocycles. The van der Waals surface area contributed by atoms with Gasteiger partial charge in [0, 0.05) is 16.4 Å². The first-order valence-electron chi connectivity index (χ1n) is 5.11. The minimum atomic E-state index is -0.297. The molecule has 0 radical (unpaired) electrons. The van der Waals surface area contributed by atoms with Gasteiger partial charge in [-0.1, -0.05) is 29.8 Å². The molecular weight excluding hydrogens is 270 g/mol. The van der Waals surface area contributed by atoms with Crippen molar-refractivity contribution in [3.63, 3.8) is 0 Å². The molecule has 4 heteroatoms. The molecule has 0 saturated carbocycles. The second-order valence-electron chi connectivity index (χ2n) is 4.60. The number of fused-ring (bicyclic) bond motifs is 1. The molecule has 1 aliphatic rings. The van der Waals surface area contributed by atoms with Gasteiger partial charge in [0.2, 0.25) is 0 Å². The van der Waals surface area contributed by atoms with E-state index in [1.807, 2.05) is 12.1 Å². The van der Waals surface area contributed by atoms with Crippen LogP contribution in [-0.2, 0) is 10.2 Å². The van der Waals surface area contributed by atoms with Gasteiger partial charge in [0.15, 0.2) is 0 Å². The van der Waals surface area contributed by atoms with Crippen LogP contribution in [0, 0.1) is 0 Å². The zero-order valence-corrected chi connectivity index (χ0v) is 11.2. The molecule has 86 valence electrons. The molecule has 0 fully saturated rings. The number of methoxy groups -OCH3 is 1. The summed E-state index contributed by atoms with van der Waals surface area (Å²) >= 11 is 3.46. The summed E-state index contributed by atoms with van der Waals surface area (Å²) in [5.74, 6) is 0. The summed E-state index contributed by atoms with van der Waals surface area (Å²) in [6, 6.07) is 5.96. The van der Waals surface area contributed by atoms with Crippen molar-refractivity contribution in [2.75, 3.05) is 18.6 Å². The molecule has 0 aliphatic carbocycles. The van der Waals surface area contributed by atoms with E-state index in [2.05, 4.69) is 35.8 Å². The van der Waals surface area contributed by atoms with Crippen molar-refractivity contribution in [2.24, 2.45) is 0 Å². The first-order valence-corrected chi connectivity index (χ1v) is 5.90. The Kier molecular flexibility index (Phi) is 2.70. The molecule has 1 aromatic rings. The second-order valence-corrected chi connectivity index (χ2v) is 5.52. The number of rotatable bonds is 0. The van der Waals surface area contributed by atoms with E-state index >= 15 is 0 Å². The Morgan fingerprint density at radius 2 is 2.19 bits per heavy atom. The molecule has 0 saturated heterocycles. The van der Waals surface area contributed by atoms with Crippen LogP contribution in [0.25, 0.3) is 0 Å². The largest absolute Gasteiger partial charge is 0.452 e. The van der Waals surface area contributed by atoms with Crippen molar-refractivity contribution in [2.45, 2.75) is 19.3 Å². The molecule has 1 amide bonds. The first kappa shape index (κ1) is 11.5. The van der Waals surface area contributed by atoms with E-state index in [0.717, 1.165) is 10.2 Å². The molecule has 0 unspecified atom stereocenters. The smallest absolute Gasteiger partial charge is 0.414 e. The number of ether oxygens (including phenoxy) is 1. The highest BCUT2D eigenvalue weighted by Gasteiger charge is 2.38. The lowest BCUT2D eigenvalue weighted by atomic mass is 9.87. The lowest BCUT2D eigenvalue weighted by molar-refractivity contribution is 0.178. The van der Waals surface area contributed by atoms with Gasteiger partial charge in [-0.2, -0.15) is 0 Å². The van der Waals surface area contributed by atoms with Crippen molar-refractivity contribution in [1.29, 1.82) is 0 Å². The number of hydrogen-bond donors (Lipinski definition) is 0. The maximum absolute atomic E-state index is 11.6. The summed E-state index contributed by atoms with van der Waals surface area (Å²) in [5, 5.41) is 0. The fourth-order valence-corrected chi connectivity index (χ4v) is 2.49. The lowest BCUT2D eigenvalue weighted by Crippen LogP contribution is -2.33. The van der Waals surface area contributed by atoms with Crippen LogP contribution in [0.3, 0.4) is 0 Å². The first-order chi connectivity index (χ1) is 7.45. The van der Waals surface area contributed by atoms with Crippen LogP contribution in [-0.4, -0.2) is 19.7 Å². The molecule has 3 nitrogen and oxygen atoms in total. The number of halogens is 1. The summed E-state index contributed by atoms with van der Waals surface area (Å²) in [7, 11) is 1.41. The Balaban J connectivity index is 2.51. The number of benzene rings is 1. The third-order valence-electron chi connectivity index (χ3n) is 2.93. The van der Waals surface area contributed by atoms with Crippen molar-refractivity contribution >= 4 is 27.7 Å². The Labute approximate surface area is 104 Å². The van der Waals surface area contributed by atoms with Crippen LogP contribution in [0.4, 0.5) is 10.5 Å². The van der Waals surface area contributed by atoms with Gasteiger partial charge in [0.05, 0.1) is 12.8 Å². The topological polar surface area (TPSA) is 29.5 Å². The number of carbonyl (C=O) groups excluding carboxylic acids is 1. The second kappa shape index (κ2) is 3.77. The summed E-state index contributed by atoms with van der Waals surface area (Å²) in [5.41, 5.74) is 2.08. The summed E-state index contributed by atoms with van der Waals surface area (Å²) in [6.45, 7) is 4.91. The average Bonchev–Trinajstić information content (AvgIpc) is 2.50. The van der Waals surface area contributed by atoms with Gasteiger partial charge in [-0.3, -0.25) is 4.90 Å². The van der Waals surface area contributed by atoms with Crippen LogP contribution in [0.1, 0.15) is 19.4 Å². The monoisotopic (exact) mass is 283 g/mol. The van der Waals surface area contributed by atoms with E-state index in [9.17, 15) is 4.79 Å². The number of nitrogens with zero attached hydrogens (tertiary/aromatic N) is 1. The maximum Gasteiger partial charge on any atom is 0.414 e. The normalized spacial score (nSPS) is 17.1. The van der Waals surface area contributed by atoms with Crippen LogP contribution in [0.2, 0.25) is 0 Å². The fraction of sp³-hybridized carbons (Fsp3) is 0.417. The zero-order valence-electron chi connectivity index (χ0n) is 9.58. The minimum Gasteiger partial charge on any atom is -0.452 e. The molecule has 1 heterocycles. The molecule has 0 atom stereocenters. The molecular formula is C12H14BrNO2. The van der Waals surface area contributed by atoms with Gasteiger partial charge in [-0.25, -0.2) is 4.79 Å². The number of hydrogen-bond acceptors (Lipinski definition) is 2. The lowest BCUT2D eigenvalue weighted by Gasteiger charge is -2.19. The van der Waals surface area contributed by atoms with Gasteiger partial charge in [-0.15, -0.1) is 0 Å². The average molecular weight is 284 g/mol. The standard InChI is InChI=1S/C12H14BrNO2/c1-12(2)7-14(11(15)16-3)10-5-4-8(13)6-9(10)12/h4-6H,7H2,1-3H3. The van der Waals surface area contributed by atoms with Gasteiger partial charge in [-0.05, 0) is 23.8 Å². The van der Waals surface area contributed by atoms with Gasteiger partial charge in [0.1, 0.15) is 0 Å². The van der Waals surface area contributed by atoms with Gasteiger partial charge in [0.25, 0.3) is 0 Å². The SMILES string of the molecule is COC(=O)N1CC(C)(C)c2cc(Br)ccc21. The van der Waals surface area contributed by atoms with Gasteiger partial charge < -0.3 is 4.74 Å². The predicted molar refractivity (Wildman–Crippen MR) is 66.9 cm³/mol. The van der Waals surface area contributed by atoms with Crippen molar-refractivity contribution in [3.8, 4) is 0 Å². The molecule has 0 aromatic heterocycles. The zero-order chi connectivity index (χ0) is 11.9. The van der Waals surface area contributed by atoms with E-state index in [-0.39, 0.29) is 11.5 Å². The quantitative estimate of drug-likeness (QED) is 0.731. The van der Waals surface area contributed by atoms with E-state index in [1.165, 1.54) is 12.7 Å². The van der Waals surface area contributed by atoms with Crippen LogP contribution in [0.15, 0.2) is 22.7 Å². The number of carbonyl (C=O) groups is 1. The number of amides is 1. The van der Waals surface area contributed by atoms with Crippen LogP contribution < -0.4 is 4.90 Å². The van der Waals surface area contributed by atoms with Crippen molar-refractivity contribution in [1.82, 2.24) is 0 Å². The predicted octanol–water partition coefficient (Wildman–Crippen LogP) is 3.31. The van der Waals surface area contributed by atoms with Crippen LogP contribution >= 0.6 is 15.9 Å². The molecule has 16 heavy (non-hydrogen) atoms. The van der Waals surface area contributed by atoms with Crippen molar-refractivity contribution < 1.29 is 9.53 Å². The van der Waals surface area contributed by atoms with E-state index < -0.39 is 0 Å².